The minimum absolute atomic E-state index is 0.0501. The lowest BCUT2D eigenvalue weighted by molar-refractivity contribution is -0.127. The molecule has 0 bridgehead atoms. The molecule has 1 aliphatic heterocycles. The summed E-state index contributed by atoms with van der Waals surface area (Å²) in [5, 5.41) is 0. The van der Waals surface area contributed by atoms with Crippen molar-refractivity contribution in [3.05, 3.63) is 35.9 Å². The lowest BCUT2D eigenvalue weighted by Crippen LogP contribution is -2.36. The van der Waals surface area contributed by atoms with E-state index in [4.69, 9.17) is 9.47 Å². The fraction of sp³-hybridized carbons (Fsp3) is 0.500. The SMILES string of the molecule is O=CC[C@H]1OCCC[C@@H]1OCc1ccccc1. The Morgan fingerprint density at radius 3 is 2.94 bits per heavy atom. The molecular formula is C14H18O3. The van der Waals surface area contributed by atoms with Crippen LogP contribution in [0.4, 0.5) is 0 Å². The minimum atomic E-state index is -0.0648. The molecule has 0 N–H and O–H groups in total. The van der Waals surface area contributed by atoms with Crippen molar-refractivity contribution in [3.63, 3.8) is 0 Å². The number of carbonyl (C=O) groups excluding carboxylic acids is 1. The van der Waals surface area contributed by atoms with Crippen LogP contribution in [0.3, 0.4) is 0 Å². The molecule has 92 valence electrons. The molecule has 0 aromatic heterocycles. The normalized spacial score (nSPS) is 24.5. The Bertz CT molecular complexity index is 337. The fourth-order valence-corrected chi connectivity index (χ4v) is 2.10. The molecule has 2 rings (SSSR count). The predicted molar refractivity (Wildman–Crippen MR) is 64.7 cm³/mol. The third-order valence-corrected chi connectivity index (χ3v) is 3.02. The molecule has 1 fully saturated rings. The zero-order chi connectivity index (χ0) is 11.9. The predicted octanol–water partition coefficient (Wildman–Crippen LogP) is 2.34. The van der Waals surface area contributed by atoms with E-state index in [9.17, 15) is 4.79 Å². The summed E-state index contributed by atoms with van der Waals surface area (Å²) in [6.07, 6.45) is 3.31. The molecule has 1 aromatic carbocycles. The van der Waals surface area contributed by atoms with Crippen molar-refractivity contribution in [1.29, 1.82) is 0 Å². The standard InChI is InChI=1S/C14H18O3/c15-9-8-14-13(7-4-10-16-14)17-11-12-5-2-1-3-6-12/h1-3,5-6,9,13-14H,4,7-8,10-11H2/t13-,14+/m0/s1. The number of carbonyl (C=O) groups is 1. The van der Waals surface area contributed by atoms with Crippen LogP contribution >= 0.6 is 0 Å². The van der Waals surface area contributed by atoms with Gasteiger partial charge in [-0.1, -0.05) is 30.3 Å². The molecule has 1 aromatic rings. The van der Waals surface area contributed by atoms with Crippen LogP contribution in [0.15, 0.2) is 30.3 Å². The molecule has 0 amide bonds. The highest BCUT2D eigenvalue weighted by Crippen LogP contribution is 2.20. The molecule has 0 spiro atoms. The van der Waals surface area contributed by atoms with Gasteiger partial charge in [-0.15, -0.1) is 0 Å². The molecule has 1 heterocycles. The first-order valence-corrected chi connectivity index (χ1v) is 6.11. The van der Waals surface area contributed by atoms with E-state index in [1.165, 1.54) is 0 Å². The molecule has 1 aliphatic rings. The maximum atomic E-state index is 10.6. The van der Waals surface area contributed by atoms with Crippen molar-refractivity contribution in [1.82, 2.24) is 0 Å². The summed E-state index contributed by atoms with van der Waals surface area (Å²) in [7, 11) is 0. The molecule has 0 aliphatic carbocycles. The number of rotatable bonds is 5. The highest BCUT2D eigenvalue weighted by Gasteiger charge is 2.26. The largest absolute Gasteiger partial charge is 0.375 e. The Kier molecular flexibility index (Phi) is 4.71. The van der Waals surface area contributed by atoms with Crippen LogP contribution in [0.1, 0.15) is 24.8 Å². The number of benzene rings is 1. The van der Waals surface area contributed by atoms with Crippen molar-refractivity contribution in [2.24, 2.45) is 0 Å². The van der Waals surface area contributed by atoms with Crippen molar-refractivity contribution in [2.45, 2.75) is 38.1 Å². The zero-order valence-electron chi connectivity index (χ0n) is 9.88. The lowest BCUT2D eigenvalue weighted by atomic mass is 10.0. The molecule has 3 nitrogen and oxygen atoms in total. The number of aldehydes is 1. The van der Waals surface area contributed by atoms with E-state index >= 15 is 0 Å². The smallest absolute Gasteiger partial charge is 0.122 e. The van der Waals surface area contributed by atoms with Crippen LogP contribution in [0.5, 0.6) is 0 Å². The van der Waals surface area contributed by atoms with Gasteiger partial charge in [-0.2, -0.15) is 0 Å². The van der Waals surface area contributed by atoms with Gasteiger partial charge in [0.2, 0.25) is 0 Å². The maximum Gasteiger partial charge on any atom is 0.122 e. The van der Waals surface area contributed by atoms with Gasteiger partial charge < -0.3 is 14.3 Å². The Labute approximate surface area is 102 Å². The molecule has 2 atom stereocenters. The van der Waals surface area contributed by atoms with Gasteiger partial charge in [-0.25, -0.2) is 0 Å². The van der Waals surface area contributed by atoms with E-state index in [1.54, 1.807) is 0 Å². The maximum absolute atomic E-state index is 10.6. The Morgan fingerprint density at radius 1 is 1.35 bits per heavy atom. The van der Waals surface area contributed by atoms with E-state index in [1.807, 2.05) is 30.3 Å². The molecule has 0 saturated carbocycles. The quantitative estimate of drug-likeness (QED) is 0.733. The minimum Gasteiger partial charge on any atom is -0.375 e. The first-order chi connectivity index (χ1) is 8.40. The molecule has 3 heteroatoms. The van der Waals surface area contributed by atoms with Crippen LogP contribution in [-0.4, -0.2) is 25.1 Å². The van der Waals surface area contributed by atoms with Gasteiger partial charge in [-0.3, -0.25) is 0 Å². The van der Waals surface area contributed by atoms with Crippen molar-refractivity contribution < 1.29 is 14.3 Å². The average Bonchev–Trinajstić information content (AvgIpc) is 2.39. The lowest BCUT2D eigenvalue weighted by Gasteiger charge is -2.30. The van der Waals surface area contributed by atoms with E-state index in [0.29, 0.717) is 13.0 Å². The number of hydrogen-bond donors (Lipinski definition) is 0. The summed E-state index contributed by atoms with van der Waals surface area (Å²) in [6, 6.07) is 10.1. The van der Waals surface area contributed by atoms with Gasteiger partial charge >= 0.3 is 0 Å². The number of ether oxygens (including phenoxy) is 2. The third-order valence-electron chi connectivity index (χ3n) is 3.02. The average molecular weight is 234 g/mol. The van der Waals surface area contributed by atoms with Gasteiger partial charge in [-0.05, 0) is 18.4 Å². The second-order valence-electron chi connectivity index (χ2n) is 4.29. The topological polar surface area (TPSA) is 35.5 Å². The highest BCUT2D eigenvalue weighted by molar-refractivity contribution is 5.50. The summed E-state index contributed by atoms with van der Waals surface area (Å²) in [5.41, 5.74) is 1.16. The van der Waals surface area contributed by atoms with Crippen LogP contribution in [0.25, 0.3) is 0 Å². The number of hydrogen-bond acceptors (Lipinski definition) is 3. The van der Waals surface area contributed by atoms with E-state index in [2.05, 4.69) is 0 Å². The monoisotopic (exact) mass is 234 g/mol. The van der Waals surface area contributed by atoms with Crippen LogP contribution < -0.4 is 0 Å². The molecule has 17 heavy (non-hydrogen) atoms. The van der Waals surface area contributed by atoms with Crippen LogP contribution in [-0.2, 0) is 20.9 Å². The fourth-order valence-electron chi connectivity index (χ4n) is 2.10. The van der Waals surface area contributed by atoms with E-state index in [-0.39, 0.29) is 12.2 Å². The van der Waals surface area contributed by atoms with Crippen molar-refractivity contribution in [2.75, 3.05) is 6.61 Å². The van der Waals surface area contributed by atoms with Crippen molar-refractivity contribution >= 4 is 6.29 Å². The third kappa shape index (κ3) is 3.65. The summed E-state index contributed by atoms with van der Waals surface area (Å²) in [5.74, 6) is 0. The molecule has 0 radical (unpaired) electrons. The summed E-state index contributed by atoms with van der Waals surface area (Å²) < 4.78 is 11.4. The van der Waals surface area contributed by atoms with E-state index < -0.39 is 0 Å². The van der Waals surface area contributed by atoms with Gasteiger partial charge in [0, 0.05) is 13.0 Å². The summed E-state index contributed by atoms with van der Waals surface area (Å²) in [6.45, 7) is 1.33. The Balaban J connectivity index is 1.86. The molecule has 0 unspecified atom stereocenters. The van der Waals surface area contributed by atoms with Gasteiger partial charge in [0.05, 0.1) is 18.8 Å². The first-order valence-electron chi connectivity index (χ1n) is 6.11. The Morgan fingerprint density at radius 2 is 2.18 bits per heavy atom. The van der Waals surface area contributed by atoms with Gasteiger partial charge in [0.1, 0.15) is 6.29 Å². The summed E-state index contributed by atoms with van der Waals surface area (Å²) >= 11 is 0. The summed E-state index contributed by atoms with van der Waals surface area (Å²) in [4.78, 5) is 10.6. The molecule has 1 saturated heterocycles. The van der Waals surface area contributed by atoms with Crippen LogP contribution in [0.2, 0.25) is 0 Å². The van der Waals surface area contributed by atoms with E-state index in [0.717, 1.165) is 31.3 Å². The van der Waals surface area contributed by atoms with Crippen LogP contribution in [0, 0.1) is 0 Å². The van der Waals surface area contributed by atoms with Gasteiger partial charge in [0.15, 0.2) is 0 Å². The second kappa shape index (κ2) is 6.52. The second-order valence-corrected chi connectivity index (χ2v) is 4.29. The molecular weight excluding hydrogens is 216 g/mol. The van der Waals surface area contributed by atoms with Crippen molar-refractivity contribution in [3.8, 4) is 0 Å². The Hall–Kier alpha value is -1.19. The first kappa shape index (κ1) is 12.3. The van der Waals surface area contributed by atoms with Gasteiger partial charge in [0.25, 0.3) is 0 Å². The zero-order valence-corrected chi connectivity index (χ0v) is 9.88. The highest BCUT2D eigenvalue weighted by atomic mass is 16.5.